The van der Waals surface area contributed by atoms with E-state index in [0.717, 1.165) is 16.5 Å². The summed E-state index contributed by atoms with van der Waals surface area (Å²) in [7, 11) is 0. The normalized spacial score (nSPS) is 11.2. The maximum atomic E-state index is 11.5. The molecule has 0 saturated heterocycles. The number of carbonyl (C=O) groups is 1. The largest absolute Gasteiger partial charge is 0.394 e. The molecule has 2 aromatic carbocycles. The SMILES string of the molecule is NC(=O)c1nc(-c2cn(-c3cccc4ccccc34)nn2)n(COCCO)n1. The third-order valence-corrected chi connectivity index (χ3v) is 4.08. The van der Waals surface area contributed by atoms with E-state index in [1.807, 2.05) is 42.5 Å². The van der Waals surface area contributed by atoms with Crippen molar-refractivity contribution in [1.29, 1.82) is 0 Å². The Labute approximate surface area is 159 Å². The van der Waals surface area contributed by atoms with Crippen LogP contribution in [-0.2, 0) is 11.5 Å². The first-order valence-corrected chi connectivity index (χ1v) is 8.51. The quantitative estimate of drug-likeness (QED) is 0.452. The van der Waals surface area contributed by atoms with Crippen molar-refractivity contribution in [3.8, 4) is 17.2 Å². The molecule has 0 saturated carbocycles. The zero-order chi connectivity index (χ0) is 19.5. The summed E-state index contributed by atoms with van der Waals surface area (Å²) in [4.78, 5) is 15.6. The van der Waals surface area contributed by atoms with Crippen LogP contribution in [0.15, 0.2) is 48.7 Å². The molecule has 0 unspecified atom stereocenters. The topological polar surface area (TPSA) is 134 Å². The van der Waals surface area contributed by atoms with Gasteiger partial charge in [0.1, 0.15) is 6.73 Å². The number of fused-ring (bicyclic) bond motifs is 1. The summed E-state index contributed by atoms with van der Waals surface area (Å²) < 4.78 is 8.27. The number of aliphatic hydroxyl groups is 1. The first-order valence-electron chi connectivity index (χ1n) is 8.51. The lowest BCUT2D eigenvalue weighted by atomic mass is 10.1. The first kappa shape index (κ1) is 17.8. The van der Waals surface area contributed by atoms with Crippen LogP contribution in [0.1, 0.15) is 10.6 Å². The van der Waals surface area contributed by atoms with E-state index >= 15 is 0 Å². The molecule has 142 valence electrons. The zero-order valence-electron chi connectivity index (χ0n) is 14.8. The van der Waals surface area contributed by atoms with Crippen molar-refractivity contribution in [3.63, 3.8) is 0 Å². The summed E-state index contributed by atoms with van der Waals surface area (Å²) in [6.45, 7) is -0.0326. The van der Waals surface area contributed by atoms with Crippen LogP contribution in [0, 0.1) is 0 Å². The van der Waals surface area contributed by atoms with E-state index in [1.54, 1.807) is 10.9 Å². The second kappa shape index (κ2) is 7.55. The Balaban J connectivity index is 1.73. The highest BCUT2D eigenvalue weighted by Gasteiger charge is 2.19. The van der Waals surface area contributed by atoms with Crippen molar-refractivity contribution in [2.24, 2.45) is 5.73 Å². The second-order valence-electron chi connectivity index (χ2n) is 5.93. The Kier molecular flexibility index (Phi) is 4.79. The molecule has 28 heavy (non-hydrogen) atoms. The van der Waals surface area contributed by atoms with Gasteiger partial charge in [-0.15, -0.1) is 10.2 Å². The number of rotatable bonds is 7. The molecule has 0 radical (unpaired) electrons. The van der Waals surface area contributed by atoms with Gasteiger partial charge in [-0.05, 0) is 11.5 Å². The van der Waals surface area contributed by atoms with Gasteiger partial charge in [-0.25, -0.2) is 14.3 Å². The number of aromatic nitrogens is 6. The van der Waals surface area contributed by atoms with E-state index in [4.69, 9.17) is 15.6 Å². The minimum Gasteiger partial charge on any atom is -0.394 e. The van der Waals surface area contributed by atoms with Crippen LogP contribution in [0.3, 0.4) is 0 Å². The summed E-state index contributed by atoms with van der Waals surface area (Å²) in [6, 6.07) is 13.8. The minimum atomic E-state index is -0.761. The van der Waals surface area contributed by atoms with Crippen LogP contribution in [0.25, 0.3) is 28.0 Å². The summed E-state index contributed by atoms with van der Waals surface area (Å²) in [5, 5.41) is 23.4. The molecule has 2 aromatic heterocycles. The number of primary amides is 1. The number of amides is 1. The Morgan fingerprint density at radius 3 is 2.82 bits per heavy atom. The Morgan fingerprint density at radius 2 is 2.00 bits per heavy atom. The highest BCUT2D eigenvalue weighted by atomic mass is 16.5. The Bertz CT molecular complexity index is 1130. The van der Waals surface area contributed by atoms with Gasteiger partial charge in [-0.3, -0.25) is 4.79 Å². The molecule has 0 aliphatic carbocycles. The molecule has 0 aliphatic rings. The number of hydrogen-bond donors (Lipinski definition) is 2. The molecule has 0 atom stereocenters. The zero-order valence-corrected chi connectivity index (χ0v) is 14.8. The number of benzene rings is 2. The molecule has 0 bridgehead atoms. The fourth-order valence-corrected chi connectivity index (χ4v) is 2.83. The summed E-state index contributed by atoms with van der Waals surface area (Å²) >= 11 is 0. The lowest BCUT2D eigenvalue weighted by Crippen LogP contribution is -2.14. The molecular formula is C18H17N7O3. The molecule has 0 aliphatic heterocycles. The fraction of sp³-hybridized carbons (Fsp3) is 0.167. The predicted octanol–water partition coefficient (Wildman–Crippen LogP) is 0.744. The third-order valence-electron chi connectivity index (χ3n) is 4.08. The van der Waals surface area contributed by atoms with E-state index in [1.165, 1.54) is 4.68 Å². The highest BCUT2D eigenvalue weighted by molar-refractivity contribution is 5.90. The van der Waals surface area contributed by atoms with E-state index in [-0.39, 0.29) is 25.8 Å². The van der Waals surface area contributed by atoms with Crippen LogP contribution < -0.4 is 5.73 Å². The molecule has 3 N–H and O–H groups in total. The average Bonchev–Trinajstić information content (AvgIpc) is 3.35. The van der Waals surface area contributed by atoms with E-state index in [0.29, 0.717) is 11.5 Å². The van der Waals surface area contributed by atoms with E-state index in [2.05, 4.69) is 20.4 Å². The van der Waals surface area contributed by atoms with Gasteiger partial charge in [-0.2, -0.15) is 0 Å². The molecule has 2 heterocycles. The van der Waals surface area contributed by atoms with Gasteiger partial charge >= 0.3 is 0 Å². The van der Waals surface area contributed by atoms with Gasteiger partial charge in [0, 0.05) is 5.39 Å². The number of carbonyl (C=O) groups excluding carboxylic acids is 1. The summed E-state index contributed by atoms with van der Waals surface area (Å²) in [6.07, 6.45) is 1.69. The molecule has 4 aromatic rings. The molecular weight excluding hydrogens is 362 g/mol. The lowest BCUT2D eigenvalue weighted by Gasteiger charge is -2.05. The number of nitrogens with zero attached hydrogens (tertiary/aromatic N) is 6. The van der Waals surface area contributed by atoms with Gasteiger partial charge in [0.15, 0.2) is 11.5 Å². The van der Waals surface area contributed by atoms with Gasteiger partial charge in [-0.1, -0.05) is 41.6 Å². The van der Waals surface area contributed by atoms with Crippen LogP contribution in [-0.4, -0.2) is 54.0 Å². The van der Waals surface area contributed by atoms with Crippen LogP contribution in [0.5, 0.6) is 0 Å². The molecule has 0 fully saturated rings. The standard InChI is InChI=1S/C18H17N7O3/c19-16(27)17-20-18(25(22-17)11-28-9-8-26)14-10-24(23-21-14)15-7-3-5-12-4-1-2-6-13(12)15/h1-7,10,26H,8-9,11H2,(H2,19,27). The van der Waals surface area contributed by atoms with E-state index in [9.17, 15) is 4.79 Å². The monoisotopic (exact) mass is 379 g/mol. The van der Waals surface area contributed by atoms with Crippen LogP contribution in [0.2, 0.25) is 0 Å². The van der Waals surface area contributed by atoms with Gasteiger partial charge < -0.3 is 15.6 Å². The molecule has 0 spiro atoms. The van der Waals surface area contributed by atoms with E-state index < -0.39 is 5.91 Å². The Morgan fingerprint density at radius 1 is 1.18 bits per heavy atom. The van der Waals surface area contributed by atoms with Crippen molar-refractivity contribution < 1.29 is 14.6 Å². The Hall–Kier alpha value is -3.63. The summed E-state index contributed by atoms with van der Waals surface area (Å²) in [5.41, 5.74) is 6.55. The van der Waals surface area contributed by atoms with Crippen molar-refractivity contribution in [3.05, 3.63) is 54.5 Å². The number of nitrogens with two attached hydrogens (primary N) is 1. The lowest BCUT2D eigenvalue weighted by molar-refractivity contribution is 0.0424. The number of aliphatic hydroxyl groups excluding tert-OH is 1. The van der Waals surface area contributed by atoms with Crippen LogP contribution in [0.4, 0.5) is 0 Å². The highest BCUT2D eigenvalue weighted by Crippen LogP contribution is 2.23. The molecule has 4 rings (SSSR count). The number of ether oxygens (including phenoxy) is 1. The minimum absolute atomic E-state index is 0.0166. The van der Waals surface area contributed by atoms with Gasteiger partial charge in [0.2, 0.25) is 5.82 Å². The second-order valence-corrected chi connectivity index (χ2v) is 5.93. The predicted molar refractivity (Wildman–Crippen MR) is 99.4 cm³/mol. The maximum Gasteiger partial charge on any atom is 0.288 e. The van der Waals surface area contributed by atoms with Crippen molar-refractivity contribution in [2.75, 3.05) is 13.2 Å². The smallest absolute Gasteiger partial charge is 0.288 e. The molecule has 10 heteroatoms. The summed E-state index contributed by atoms with van der Waals surface area (Å²) in [5.74, 6) is -0.621. The number of hydrogen-bond acceptors (Lipinski definition) is 7. The van der Waals surface area contributed by atoms with Gasteiger partial charge in [0.25, 0.3) is 5.91 Å². The fourth-order valence-electron chi connectivity index (χ4n) is 2.83. The van der Waals surface area contributed by atoms with Crippen molar-refractivity contribution in [1.82, 2.24) is 29.8 Å². The first-order chi connectivity index (χ1) is 13.7. The average molecular weight is 379 g/mol. The van der Waals surface area contributed by atoms with Crippen LogP contribution >= 0.6 is 0 Å². The molecule has 10 nitrogen and oxygen atoms in total. The van der Waals surface area contributed by atoms with Gasteiger partial charge in [0.05, 0.1) is 25.1 Å². The third kappa shape index (κ3) is 3.33. The van der Waals surface area contributed by atoms with Crippen molar-refractivity contribution >= 4 is 16.7 Å². The maximum absolute atomic E-state index is 11.5. The molecule has 1 amide bonds. The van der Waals surface area contributed by atoms with Crippen molar-refractivity contribution in [2.45, 2.75) is 6.73 Å².